The summed E-state index contributed by atoms with van der Waals surface area (Å²) in [5.41, 5.74) is 2.02. The third-order valence-electron chi connectivity index (χ3n) is 5.71. The lowest BCUT2D eigenvalue weighted by Crippen LogP contribution is -2.53. The summed E-state index contributed by atoms with van der Waals surface area (Å²) in [7, 11) is -2.30. The second kappa shape index (κ2) is 9.61. The van der Waals surface area contributed by atoms with E-state index in [1.54, 1.807) is 0 Å². The first-order valence-corrected chi connectivity index (χ1v) is 12.1. The molecular weight excluding hydrogens is 363 g/mol. The van der Waals surface area contributed by atoms with Crippen LogP contribution in [0.1, 0.15) is 47.1 Å². The maximum atomic E-state index is 14.8. The Kier molecular flexibility index (Phi) is 8.01. The molecule has 154 valence electrons. The fourth-order valence-electron chi connectivity index (χ4n) is 4.49. The van der Waals surface area contributed by atoms with Gasteiger partial charge in [0.1, 0.15) is 12.2 Å². The Hall–Kier alpha value is -0.793. The normalized spacial score (nSPS) is 26.5. The zero-order valence-electron chi connectivity index (χ0n) is 17.4. The molecule has 2 rings (SSSR count). The first-order chi connectivity index (χ1) is 12.7. The van der Waals surface area contributed by atoms with E-state index >= 15 is 0 Å². The van der Waals surface area contributed by atoms with Crippen molar-refractivity contribution in [3.05, 3.63) is 35.9 Å². The molecule has 4 nitrogen and oxygen atoms in total. The summed E-state index contributed by atoms with van der Waals surface area (Å²) in [6.07, 6.45) is -4.42. The SMILES string of the molecule is CC(C)[Si](O[C@H]1[C@H](F)C(O)O[C@@H]1COCc1ccccc1)(C(C)C)C(C)C. The van der Waals surface area contributed by atoms with Crippen LogP contribution in [0, 0.1) is 0 Å². The molecule has 1 aliphatic heterocycles. The number of halogens is 1. The first kappa shape index (κ1) is 22.5. The van der Waals surface area contributed by atoms with Crippen LogP contribution >= 0.6 is 0 Å². The third-order valence-corrected chi connectivity index (χ3v) is 11.8. The summed E-state index contributed by atoms with van der Waals surface area (Å²) in [6, 6.07) is 9.80. The highest BCUT2D eigenvalue weighted by Gasteiger charge is 2.53. The standard InChI is InChI=1S/C21H35FO4Si/c1-14(2)27(15(3)4,16(5)6)26-20-18(25-21(23)19(20)22)13-24-12-17-10-8-7-9-11-17/h7-11,14-16,18-21,23H,12-13H2,1-6H3/t18-,19+,20-,21?/m1/s1. The number of rotatable bonds is 9. The molecule has 0 aliphatic carbocycles. The molecule has 0 radical (unpaired) electrons. The van der Waals surface area contributed by atoms with E-state index in [2.05, 4.69) is 41.5 Å². The minimum absolute atomic E-state index is 0.190. The Balaban J connectivity index is 2.10. The highest BCUT2D eigenvalue weighted by molar-refractivity contribution is 6.77. The second-order valence-corrected chi connectivity index (χ2v) is 13.8. The lowest BCUT2D eigenvalue weighted by atomic mass is 10.2. The van der Waals surface area contributed by atoms with Gasteiger partial charge in [0.15, 0.2) is 12.5 Å². The van der Waals surface area contributed by atoms with Crippen molar-refractivity contribution >= 4 is 8.32 Å². The van der Waals surface area contributed by atoms with Crippen LogP contribution < -0.4 is 0 Å². The minimum Gasteiger partial charge on any atom is -0.407 e. The number of hydrogen-bond donors (Lipinski definition) is 1. The van der Waals surface area contributed by atoms with Crippen LogP contribution in [0.2, 0.25) is 16.6 Å². The van der Waals surface area contributed by atoms with Crippen molar-refractivity contribution < 1.29 is 23.4 Å². The van der Waals surface area contributed by atoms with Gasteiger partial charge in [-0.05, 0) is 22.2 Å². The molecule has 1 saturated heterocycles. The number of aliphatic hydroxyl groups excluding tert-OH is 1. The maximum absolute atomic E-state index is 14.8. The van der Waals surface area contributed by atoms with E-state index in [-0.39, 0.29) is 6.61 Å². The molecule has 0 saturated carbocycles. The molecule has 4 atom stereocenters. The van der Waals surface area contributed by atoms with Gasteiger partial charge < -0.3 is 19.0 Å². The zero-order chi connectivity index (χ0) is 20.2. The number of benzene rings is 1. The van der Waals surface area contributed by atoms with Crippen LogP contribution in [0.3, 0.4) is 0 Å². The molecular formula is C21H35FO4Si. The Morgan fingerprint density at radius 1 is 1.04 bits per heavy atom. The summed E-state index contributed by atoms with van der Waals surface area (Å²) in [6.45, 7) is 13.6. The lowest BCUT2D eigenvalue weighted by molar-refractivity contribution is -0.127. The molecule has 1 heterocycles. The number of ether oxygens (including phenoxy) is 2. The van der Waals surface area contributed by atoms with E-state index in [4.69, 9.17) is 13.9 Å². The van der Waals surface area contributed by atoms with E-state index in [1.807, 2.05) is 30.3 Å². The molecule has 6 heteroatoms. The fourth-order valence-corrected chi connectivity index (χ4v) is 10.1. The van der Waals surface area contributed by atoms with Gasteiger partial charge in [0.05, 0.1) is 13.2 Å². The van der Waals surface area contributed by atoms with Crippen molar-refractivity contribution in [2.75, 3.05) is 6.61 Å². The minimum atomic E-state index is -2.30. The highest BCUT2D eigenvalue weighted by atomic mass is 28.4. The topological polar surface area (TPSA) is 47.9 Å². The van der Waals surface area contributed by atoms with E-state index < -0.39 is 33.0 Å². The highest BCUT2D eigenvalue weighted by Crippen LogP contribution is 2.45. The van der Waals surface area contributed by atoms with Crippen LogP contribution in [0.5, 0.6) is 0 Å². The summed E-state index contributed by atoms with van der Waals surface area (Å²) in [4.78, 5) is 0. The van der Waals surface area contributed by atoms with Crippen molar-refractivity contribution in [1.29, 1.82) is 0 Å². The van der Waals surface area contributed by atoms with Crippen molar-refractivity contribution in [1.82, 2.24) is 0 Å². The van der Waals surface area contributed by atoms with Gasteiger partial charge in [0.25, 0.3) is 0 Å². The van der Waals surface area contributed by atoms with Gasteiger partial charge >= 0.3 is 0 Å². The third kappa shape index (κ3) is 4.98. The van der Waals surface area contributed by atoms with Crippen molar-refractivity contribution in [2.45, 2.75) is 89.4 Å². The predicted octanol–water partition coefficient (Wildman–Crippen LogP) is 4.82. The summed E-state index contributed by atoms with van der Waals surface area (Å²) in [5.74, 6) is 0. The molecule has 0 spiro atoms. The van der Waals surface area contributed by atoms with Crippen LogP contribution in [0.4, 0.5) is 4.39 Å². The van der Waals surface area contributed by atoms with Gasteiger partial charge in [-0.1, -0.05) is 71.9 Å². The van der Waals surface area contributed by atoms with Gasteiger partial charge in [-0.3, -0.25) is 0 Å². The molecule has 1 N–H and O–H groups in total. The molecule has 0 amide bonds. The average Bonchev–Trinajstić information content (AvgIpc) is 2.86. The van der Waals surface area contributed by atoms with Gasteiger partial charge in [-0.15, -0.1) is 0 Å². The first-order valence-electron chi connectivity index (χ1n) is 9.97. The molecule has 1 aromatic rings. The van der Waals surface area contributed by atoms with Crippen LogP contribution in [-0.2, 0) is 20.5 Å². The number of hydrogen-bond acceptors (Lipinski definition) is 4. The zero-order valence-corrected chi connectivity index (χ0v) is 18.4. The largest absolute Gasteiger partial charge is 0.407 e. The Labute approximate surface area is 164 Å². The summed E-state index contributed by atoms with van der Waals surface area (Å²) >= 11 is 0. The van der Waals surface area contributed by atoms with Gasteiger partial charge in [0, 0.05) is 0 Å². The molecule has 1 aliphatic rings. The monoisotopic (exact) mass is 398 g/mol. The molecule has 1 unspecified atom stereocenters. The molecule has 0 aromatic heterocycles. The van der Waals surface area contributed by atoms with E-state index in [1.165, 1.54) is 0 Å². The van der Waals surface area contributed by atoms with Crippen LogP contribution in [0.15, 0.2) is 30.3 Å². The molecule has 0 bridgehead atoms. The summed E-state index contributed by atoms with van der Waals surface area (Å²) in [5, 5.41) is 9.95. The molecule has 1 fully saturated rings. The number of aliphatic hydroxyl groups is 1. The Morgan fingerprint density at radius 3 is 2.11 bits per heavy atom. The lowest BCUT2D eigenvalue weighted by Gasteiger charge is -2.44. The van der Waals surface area contributed by atoms with E-state index in [9.17, 15) is 9.50 Å². The van der Waals surface area contributed by atoms with Gasteiger partial charge in [-0.25, -0.2) is 4.39 Å². The van der Waals surface area contributed by atoms with Crippen LogP contribution in [0.25, 0.3) is 0 Å². The average molecular weight is 399 g/mol. The quantitative estimate of drug-likeness (QED) is 0.606. The molecule has 27 heavy (non-hydrogen) atoms. The van der Waals surface area contributed by atoms with E-state index in [0.29, 0.717) is 23.2 Å². The van der Waals surface area contributed by atoms with Gasteiger partial charge in [-0.2, -0.15) is 0 Å². The summed E-state index contributed by atoms with van der Waals surface area (Å²) < 4.78 is 32.6. The van der Waals surface area contributed by atoms with Crippen molar-refractivity contribution in [3.8, 4) is 0 Å². The Morgan fingerprint density at radius 2 is 1.59 bits per heavy atom. The van der Waals surface area contributed by atoms with Crippen molar-refractivity contribution in [2.24, 2.45) is 0 Å². The van der Waals surface area contributed by atoms with E-state index in [0.717, 1.165) is 5.56 Å². The fraction of sp³-hybridized carbons (Fsp3) is 0.714. The molecule has 1 aromatic carbocycles. The second-order valence-electron chi connectivity index (χ2n) is 8.41. The van der Waals surface area contributed by atoms with Crippen molar-refractivity contribution in [3.63, 3.8) is 0 Å². The predicted molar refractivity (Wildman–Crippen MR) is 108 cm³/mol. The smallest absolute Gasteiger partial charge is 0.201 e. The maximum Gasteiger partial charge on any atom is 0.201 e. The Bertz CT molecular complexity index is 545. The van der Waals surface area contributed by atoms with Crippen LogP contribution in [-0.4, -0.2) is 44.7 Å². The number of alkyl halides is 1. The van der Waals surface area contributed by atoms with Gasteiger partial charge in [0.2, 0.25) is 8.32 Å².